The molecule has 2 N–H and O–H groups in total. The summed E-state index contributed by atoms with van der Waals surface area (Å²) < 4.78 is 0. The summed E-state index contributed by atoms with van der Waals surface area (Å²) in [5, 5.41) is 21.5. The van der Waals surface area contributed by atoms with Crippen LogP contribution in [0.5, 0.6) is 0 Å². The Labute approximate surface area is 99.7 Å². The Bertz CT molecular complexity index is 405. The first kappa shape index (κ1) is 11.6. The molecule has 1 saturated carbocycles. The van der Waals surface area contributed by atoms with E-state index in [0.29, 0.717) is 5.92 Å². The monoisotopic (exact) mass is 236 g/mol. The summed E-state index contributed by atoms with van der Waals surface area (Å²) >= 11 is 1.51. The van der Waals surface area contributed by atoms with Gasteiger partial charge in [-0.2, -0.15) is 5.26 Å². The van der Waals surface area contributed by atoms with E-state index in [1.165, 1.54) is 24.2 Å². The molecular weight excluding hydrogens is 220 g/mol. The summed E-state index contributed by atoms with van der Waals surface area (Å²) in [6.07, 6.45) is 2.41. The normalized spacial score (nSPS) is 19.1. The molecule has 0 radical (unpaired) electrons. The van der Waals surface area contributed by atoms with E-state index in [9.17, 15) is 5.11 Å². The lowest BCUT2D eigenvalue weighted by Gasteiger charge is -2.28. The molecule has 0 aromatic carbocycles. The Morgan fingerprint density at radius 3 is 2.88 bits per heavy atom. The van der Waals surface area contributed by atoms with Gasteiger partial charge in [0.2, 0.25) is 0 Å². The Hall–Kier alpha value is -0.890. The third-order valence-electron chi connectivity index (χ3n) is 3.25. The van der Waals surface area contributed by atoms with Crippen LogP contribution in [0, 0.1) is 17.2 Å². The maximum Gasteiger partial charge on any atom is 0.110 e. The van der Waals surface area contributed by atoms with Crippen LogP contribution in [-0.4, -0.2) is 17.3 Å². The van der Waals surface area contributed by atoms with Gasteiger partial charge in [0.15, 0.2) is 0 Å². The van der Waals surface area contributed by atoms with E-state index in [4.69, 9.17) is 5.26 Å². The first-order valence-electron chi connectivity index (χ1n) is 5.52. The van der Waals surface area contributed by atoms with E-state index >= 15 is 0 Å². The summed E-state index contributed by atoms with van der Waals surface area (Å²) in [6, 6.07) is 5.95. The second kappa shape index (κ2) is 4.54. The third-order valence-corrected chi connectivity index (χ3v) is 4.24. The molecule has 0 spiro atoms. The van der Waals surface area contributed by atoms with Gasteiger partial charge in [-0.1, -0.05) is 0 Å². The molecule has 4 heteroatoms. The number of nitrogens with one attached hydrogen (secondary N) is 1. The fourth-order valence-corrected chi connectivity index (χ4v) is 2.62. The molecule has 1 aromatic heterocycles. The number of rotatable bonds is 5. The predicted molar refractivity (Wildman–Crippen MR) is 64.1 cm³/mol. The van der Waals surface area contributed by atoms with Gasteiger partial charge >= 0.3 is 0 Å². The highest BCUT2D eigenvalue weighted by molar-refractivity contribution is 7.12. The molecule has 2 rings (SSSR count). The average Bonchev–Trinajstić information content (AvgIpc) is 3.06. The van der Waals surface area contributed by atoms with Crippen molar-refractivity contribution in [2.45, 2.75) is 31.8 Å². The second-order valence-electron chi connectivity index (χ2n) is 4.58. The van der Waals surface area contributed by atoms with Crippen molar-refractivity contribution >= 4 is 11.3 Å². The smallest absolute Gasteiger partial charge is 0.110 e. The molecule has 1 fully saturated rings. The third kappa shape index (κ3) is 2.43. The summed E-state index contributed by atoms with van der Waals surface area (Å²) in [5.74, 6) is 0.605. The number of thiophene rings is 1. The summed E-state index contributed by atoms with van der Waals surface area (Å²) in [4.78, 5) is 1.89. The first-order chi connectivity index (χ1) is 7.68. The quantitative estimate of drug-likeness (QED) is 0.820. The molecule has 1 unspecified atom stereocenters. The SMILES string of the molecule is CC(CO)(NCc1ccc(C#N)s1)C1CC1. The predicted octanol–water partition coefficient (Wildman–Crippen LogP) is 1.87. The van der Waals surface area contributed by atoms with Crippen molar-refractivity contribution in [3.63, 3.8) is 0 Å². The fourth-order valence-electron chi connectivity index (χ4n) is 1.87. The number of aliphatic hydroxyl groups is 1. The van der Waals surface area contributed by atoms with Gasteiger partial charge in [-0.25, -0.2) is 0 Å². The number of nitrogens with zero attached hydrogens (tertiary/aromatic N) is 1. The van der Waals surface area contributed by atoms with Gasteiger partial charge in [0.25, 0.3) is 0 Å². The highest BCUT2D eigenvalue weighted by atomic mass is 32.1. The van der Waals surface area contributed by atoms with Crippen molar-refractivity contribution in [1.29, 1.82) is 5.26 Å². The van der Waals surface area contributed by atoms with Gasteiger partial charge in [-0.3, -0.25) is 0 Å². The van der Waals surface area contributed by atoms with Crippen LogP contribution in [0.2, 0.25) is 0 Å². The molecule has 86 valence electrons. The van der Waals surface area contributed by atoms with Crippen LogP contribution in [0.3, 0.4) is 0 Å². The summed E-state index contributed by atoms with van der Waals surface area (Å²) in [5.41, 5.74) is -0.156. The van der Waals surface area contributed by atoms with E-state index < -0.39 is 0 Å². The van der Waals surface area contributed by atoms with Crippen LogP contribution in [0.15, 0.2) is 12.1 Å². The van der Waals surface area contributed by atoms with Crippen LogP contribution in [0.1, 0.15) is 29.5 Å². The standard InChI is InChI=1S/C12H16N2OS/c1-12(8-15,9-2-3-9)14-7-11-5-4-10(6-13)16-11/h4-5,9,14-15H,2-3,7-8H2,1H3. The van der Waals surface area contributed by atoms with Crippen molar-refractivity contribution < 1.29 is 5.11 Å². The lowest BCUT2D eigenvalue weighted by Crippen LogP contribution is -2.47. The van der Waals surface area contributed by atoms with Crippen molar-refractivity contribution in [2.24, 2.45) is 5.92 Å². The Morgan fingerprint density at radius 1 is 1.62 bits per heavy atom. The number of nitriles is 1. The molecule has 1 aromatic rings. The van der Waals surface area contributed by atoms with Crippen molar-refractivity contribution in [2.75, 3.05) is 6.61 Å². The van der Waals surface area contributed by atoms with Gasteiger partial charge in [-0.05, 0) is 37.8 Å². The molecule has 1 heterocycles. The second-order valence-corrected chi connectivity index (χ2v) is 5.75. The van der Waals surface area contributed by atoms with E-state index in [2.05, 4.69) is 18.3 Å². The lowest BCUT2D eigenvalue weighted by atomic mass is 9.97. The fraction of sp³-hybridized carbons (Fsp3) is 0.583. The van der Waals surface area contributed by atoms with Crippen LogP contribution in [0.4, 0.5) is 0 Å². The number of hydrogen-bond acceptors (Lipinski definition) is 4. The van der Waals surface area contributed by atoms with Gasteiger partial charge in [-0.15, -0.1) is 11.3 Å². The minimum atomic E-state index is -0.156. The molecule has 0 saturated heterocycles. The molecule has 0 bridgehead atoms. The molecule has 3 nitrogen and oxygen atoms in total. The average molecular weight is 236 g/mol. The number of hydrogen-bond donors (Lipinski definition) is 2. The minimum Gasteiger partial charge on any atom is -0.394 e. The molecule has 16 heavy (non-hydrogen) atoms. The van der Waals surface area contributed by atoms with Crippen LogP contribution >= 0.6 is 11.3 Å². The molecule has 1 aliphatic carbocycles. The topological polar surface area (TPSA) is 56.0 Å². The van der Waals surface area contributed by atoms with Gasteiger partial charge in [0, 0.05) is 17.0 Å². The minimum absolute atomic E-state index is 0.156. The van der Waals surface area contributed by atoms with E-state index in [-0.39, 0.29) is 12.1 Å². The Balaban J connectivity index is 1.93. The Kier molecular flexibility index (Phi) is 3.29. The van der Waals surface area contributed by atoms with E-state index in [1.807, 2.05) is 12.1 Å². The Morgan fingerprint density at radius 2 is 2.38 bits per heavy atom. The summed E-state index contributed by atoms with van der Waals surface area (Å²) in [7, 11) is 0. The van der Waals surface area contributed by atoms with E-state index in [1.54, 1.807) is 0 Å². The lowest BCUT2D eigenvalue weighted by molar-refractivity contribution is 0.154. The molecule has 1 aliphatic rings. The molecule has 0 amide bonds. The molecular formula is C12H16N2OS. The largest absolute Gasteiger partial charge is 0.394 e. The van der Waals surface area contributed by atoms with Crippen molar-refractivity contribution in [3.05, 3.63) is 21.9 Å². The molecule has 1 atom stereocenters. The van der Waals surface area contributed by atoms with Gasteiger partial charge in [0.05, 0.1) is 6.61 Å². The zero-order valence-corrected chi connectivity index (χ0v) is 10.2. The maximum atomic E-state index is 9.41. The van der Waals surface area contributed by atoms with Crippen LogP contribution in [-0.2, 0) is 6.54 Å². The van der Waals surface area contributed by atoms with Crippen LogP contribution < -0.4 is 5.32 Å². The summed E-state index contributed by atoms with van der Waals surface area (Å²) in [6.45, 7) is 2.98. The maximum absolute atomic E-state index is 9.41. The first-order valence-corrected chi connectivity index (χ1v) is 6.34. The molecule has 0 aliphatic heterocycles. The highest BCUT2D eigenvalue weighted by Gasteiger charge is 2.40. The van der Waals surface area contributed by atoms with Crippen molar-refractivity contribution in [1.82, 2.24) is 5.32 Å². The van der Waals surface area contributed by atoms with E-state index in [0.717, 1.165) is 16.3 Å². The van der Waals surface area contributed by atoms with Crippen molar-refractivity contribution in [3.8, 4) is 6.07 Å². The zero-order chi connectivity index (χ0) is 11.6. The zero-order valence-electron chi connectivity index (χ0n) is 9.36. The highest BCUT2D eigenvalue weighted by Crippen LogP contribution is 2.39. The van der Waals surface area contributed by atoms with Gasteiger partial charge in [0.1, 0.15) is 10.9 Å². The number of aliphatic hydroxyl groups excluding tert-OH is 1. The van der Waals surface area contributed by atoms with Gasteiger partial charge < -0.3 is 10.4 Å². The van der Waals surface area contributed by atoms with Crippen LogP contribution in [0.25, 0.3) is 0 Å².